The van der Waals surface area contributed by atoms with Gasteiger partial charge in [-0.25, -0.2) is 13.1 Å². The average molecular weight is 390 g/mol. The number of sulfonamides is 1. The van der Waals surface area contributed by atoms with E-state index in [9.17, 15) is 13.2 Å². The summed E-state index contributed by atoms with van der Waals surface area (Å²) in [5, 5.41) is 4.44. The number of rotatable bonds is 5. The maximum absolute atomic E-state index is 12.5. The molecule has 2 aromatic carbocycles. The first-order valence-corrected chi connectivity index (χ1v) is 9.61. The summed E-state index contributed by atoms with van der Waals surface area (Å²) in [6.45, 7) is 2.15. The average Bonchev–Trinajstić information content (AvgIpc) is 3.10. The van der Waals surface area contributed by atoms with Gasteiger partial charge in [0.15, 0.2) is 0 Å². The molecule has 3 rings (SSSR count). The lowest BCUT2D eigenvalue weighted by molar-refractivity contribution is 0.0981. The van der Waals surface area contributed by atoms with Crippen LogP contribution in [0.1, 0.15) is 21.5 Å². The van der Waals surface area contributed by atoms with Gasteiger partial charge in [-0.2, -0.15) is 5.10 Å². The van der Waals surface area contributed by atoms with Gasteiger partial charge >= 0.3 is 0 Å². The second kappa shape index (κ2) is 7.31. The standard InChI is InChI=1S/C18H16ClN3O3S/c1-13-16(19)4-2-5-17(13)26(24,25)21-18(23)15-8-6-14(7-9-15)12-22-11-3-10-20-22/h2-11H,12H2,1H3,(H,21,23). The van der Waals surface area contributed by atoms with Gasteiger partial charge in [0.1, 0.15) is 0 Å². The first-order chi connectivity index (χ1) is 12.4. The number of carbonyl (C=O) groups excluding carboxylic acids is 1. The van der Waals surface area contributed by atoms with Crippen LogP contribution in [-0.2, 0) is 16.6 Å². The second-order valence-corrected chi connectivity index (χ2v) is 7.76. The van der Waals surface area contributed by atoms with Crippen molar-refractivity contribution >= 4 is 27.5 Å². The van der Waals surface area contributed by atoms with E-state index in [1.807, 2.05) is 12.3 Å². The highest BCUT2D eigenvalue weighted by molar-refractivity contribution is 7.90. The molecule has 3 aromatic rings. The summed E-state index contributed by atoms with van der Waals surface area (Å²) in [5.74, 6) is -0.699. The van der Waals surface area contributed by atoms with Crippen LogP contribution in [0.4, 0.5) is 0 Å². The zero-order valence-electron chi connectivity index (χ0n) is 13.9. The first-order valence-electron chi connectivity index (χ1n) is 7.75. The lowest BCUT2D eigenvalue weighted by atomic mass is 10.1. The Balaban J connectivity index is 1.76. The number of halogens is 1. The maximum atomic E-state index is 12.5. The number of nitrogens with zero attached hydrogens (tertiary/aromatic N) is 2. The summed E-state index contributed by atoms with van der Waals surface area (Å²) in [7, 11) is -4.01. The number of hydrogen-bond donors (Lipinski definition) is 1. The topological polar surface area (TPSA) is 81.1 Å². The number of hydrogen-bond acceptors (Lipinski definition) is 4. The summed E-state index contributed by atoms with van der Waals surface area (Å²) < 4.78 is 28.8. The third kappa shape index (κ3) is 3.95. The zero-order valence-corrected chi connectivity index (χ0v) is 15.5. The van der Waals surface area contributed by atoms with Crippen LogP contribution in [0.25, 0.3) is 0 Å². The van der Waals surface area contributed by atoms with Crippen molar-refractivity contribution in [2.45, 2.75) is 18.4 Å². The van der Waals surface area contributed by atoms with Crippen LogP contribution < -0.4 is 4.72 Å². The van der Waals surface area contributed by atoms with E-state index >= 15 is 0 Å². The van der Waals surface area contributed by atoms with E-state index in [1.54, 1.807) is 48.1 Å². The van der Waals surface area contributed by atoms with E-state index in [4.69, 9.17) is 11.6 Å². The van der Waals surface area contributed by atoms with Crippen molar-refractivity contribution in [3.8, 4) is 0 Å². The number of carbonyl (C=O) groups is 1. The molecule has 1 heterocycles. The van der Waals surface area contributed by atoms with Crippen LogP contribution in [-0.4, -0.2) is 24.1 Å². The predicted octanol–water partition coefficient (Wildman–Crippen LogP) is 3.01. The molecular weight excluding hydrogens is 374 g/mol. The van der Waals surface area contributed by atoms with Crippen molar-refractivity contribution in [2.75, 3.05) is 0 Å². The molecule has 0 aliphatic carbocycles. The number of amides is 1. The van der Waals surface area contributed by atoms with Gasteiger partial charge in [0.25, 0.3) is 15.9 Å². The molecule has 1 N–H and O–H groups in total. The van der Waals surface area contributed by atoms with Gasteiger partial charge in [-0.3, -0.25) is 9.48 Å². The molecule has 0 spiro atoms. The Morgan fingerprint density at radius 1 is 1.15 bits per heavy atom. The number of nitrogens with one attached hydrogen (secondary N) is 1. The molecule has 0 saturated heterocycles. The van der Waals surface area contributed by atoms with Gasteiger partial charge in [0.2, 0.25) is 0 Å². The molecule has 0 bridgehead atoms. The monoisotopic (exact) mass is 389 g/mol. The van der Waals surface area contributed by atoms with Crippen molar-refractivity contribution in [2.24, 2.45) is 0 Å². The second-order valence-electron chi connectivity index (χ2n) is 5.70. The molecule has 0 unspecified atom stereocenters. The minimum atomic E-state index is -4.01. The van der Waals surface area contributed by atoms with Crippen molar-refractivity contribution in [1.82, 2.24) is 14.5 Å². The molecule has 0 aliphatic rings. The summed E-state index contributed by atoms with van der Waals surface area (Å²) >= 11 is 5.96. The van der Waals surface area contributed by atoms with Gasteiger partial charge in [0, 0.05) is 23.0 Å². The van der Waals surface area contributed by atoms with Crippen molar-refractivity contribution < 1.29 is 13.2 Å². The van der Waals surface area contributed by atoms with Crippen LogP contribution in [0.2, 0.25) is 5.02 Å². The Labute approximate surface area is 156 Å². The molecule has 1 amide bonds. The summed E-state index contributed by atoms with van der Waals surface area (Å²) in [4.78, 5) is 12.3. The minimum Gasteiger partial charge on any atom is -0.268 e. The molecule has 134 valence electrons. The van der Waals surface area contributed by atoms with Gasteiger partial charge in [-0.15, -0.1) is 0 Å². The van der Waals surface area contributed by atoms with Crippen LogP contribution in [0, 0.1) is 6.92 Å². The van der Waals surface area contributed by atoms with Crippen LogP contribution in [0.3, 0.4) is 0 Å². The molecule has 26 heavy (non-hydrogen) atoms. The van der Waals surface area contributed by atoms with Crippen LogP contribution in [0.15, 0.2) is 65.8 Å². The number of aromatic nitrogens is 2. The summed E-state index contributed by atoms with van der Waals surface area (Å²) in [6.07, 6.45) is 3.52. The van der Waals surface area contributed by atoms with E-state index in [2.05, 4.69) is 9.82 Å². The smallest absolute Gasteiger partial charge is 0.264 e. The van der Waals surface area contributed by atoms with E-state index in [-0.39, 0.29) is 10.5 Å². The predicted molar refractivity (Wildman–Crippen MR) is 98.6 cm³/mol. The lowest BCUT2D eigenvalue weighted by Crippen LogP contribution is -2.31. The van der Waals surface area contributed by atoms with Crippen molar-refractivity contribution in [3.05, 3.63) is 82.6 Å². The molecule has 0 saturated carbocycles. The van der Waals surface area contributed by atoms with Gasteiger partial charge in [0.05, 0.1) is 11.4 Å². The minimum absolute atomic E-state index is 0.0198. The fraction of sp³-hybridized carbons (Fsp3) is 0.111. The highest BCUT2D eigenvalue weighted by Crippen LogP contribution is 2.22. The lowest BCUT2D eigenvalue weighted by Gasteiger charge is -2.10. The molecule has 0 radical (unpaired) electrons. The Kier molecular flexibility index (Phi) is 5.11. The van der Waals surface area contributed by atoms with Gasteiger partial charge in [-0.1, -0.05) is 29.8 Å². The van der Waals surface area contributed by atoms with E-state index in [0.717, 1.165) is 5.56 Å². The normalized spacial score (nSPS) is 11.3. The van der Waals surface area contributed by atoms with Crippen molar-refractivity contribution in [3.63, 3.8) is 0 Å². The van der Waals surface area contributed by atoms with Crippen LogP contribution in [0.5, 0.6) is 0 Å². The highest BCUT2D eigenvalue weighted by atomic mass is 35.5. The molecule has 0 aliphatic heterocycles. The molecule has 8 heteroatoms. The van der Waals surface area contributed by atoms with Crippen LogP contribution >= 0.6 is 11.6 Å². The van der Waals surface area contributed by atoms with Gasteiger partial charge < -0.3 is 0 Å². The Hall–Kier alpha value is -2.64. The first kappa shape index (κ1) is 18.2. The van der Waals surface area contributed by atoms with E-state index in [0.29, 0.717) is 17.1 Å². The fourth-order valence-electron chi connectivity index (χ4n) is 2.46. The highest BCUT2D eigenvalue weighted by Gasteiger charge is 2.21. The molecule has 1 aromatic heterocycles. The van der Waals surface area contributed by atoms with E-state index in [1.165, 1.54) is 12.1 Å². The molecule has 0 atom stereocenters. The summed E-state index contributed by atoms with van der Waals surface area (Å²) in [6, 6.07) is 13.0. The molecule has 0 fully saturated rings. The Morgan fingerprint density at radius 2 is 1.88 bits per heavy atom. The Bertz CT molecular complexity index is 1030. The third-order valence-corrected chi connectivity index (χ3v) is 5.74. The largest absolute Gasteiger partial charge is 0.268 e. The molecular formula is C18H16ClN3O3S. The maximum Gasteiger partial charge on any atom is 0.264 e. The molecule has 6 nitrogen and oxygen atoms in total. The van der Waals surface area contributed by atoms with Gasteiger partial charge in [-0.05, 0) is 48.4 Å². The zero-order chi connectivity index (χ0) is 18.7. The quantitative estimate of drug-likeness (QED) is 0.727. The third-order valence-electron chi connectivity index (χ3n) is 3.85. The SMILES string of the molecule is Cc1c(Cl)cccc1S(=O)(=O)NC(=O)c1ccc(Cn2cccn2)cc1. The Morgan fingerprint density at radius 3 is 2.54 bits per heavy atom. The van der Waals surface area contributed by atoms with E-state index < -0.39 is 15.9 Å². The summed E-state index contributed by atoms with van der Waals surface area (Å²) in [5.41, 5.74) is 1.58. The number of benzene rings is 2. The van der Waals surface area contributed by atoms with Crippen molar-refractivity contribution in [1.29, 1.82) is 0 Å². The fourth-order valence-corrected chi connectivity index (χ4v) is 3.93.